The van der Waals surface area contributed by atoms with E-state index in [-0.39, 0.29) is 53.9 Å². The molecule has 0 spiro atoms. The van der Waals surface area contributed by atoms with Crippen molar-refractivity contribution in [3.63, 3.8) is 0 Å². The van der Waals surface area contributed by atoms with Crippen molar-refractivity contribution in [2.45, 2.75) is 89.8 Å². The van der Waals surface area contributed by atoms with Crippen molar-refractivity contribution in [2.24, 2.45) is 5.92 Å². The molecule has 7 nitrogen and oxygen atoms in total. The number of amides is 2. The number of nitrogens with one attached hydrogen (secondary N) is 1. The van der Waals surface area contributed by atoms with Gasteiger partial charge in [-0.05, 0) is 45.4 Å². The van der Waals surface area contributed by atoms with Gasteiger partial charge in [0.1, 0.15) is 0 Å². The molecule has 2 heterocycles. The van der Waals surface area contributed by atoms with Crippen LogP contribution in [0.3, 0.4) is 0 Å². The number of sulfone groups is 1. The van der Waals surface area contributed by atoms with Gasteiger partial charge in [0.2, 0.25) is 11.8 Å². The van der Waals surface area contributed by atoms with Crippen molar-refractivity contribution in [1.82, 2.24) is 15.1 Å². The van der Waals surface area contributed by atoms with Crippen molar-refractivity contribution < 1.29 is 18.0 Å². The first-order chi connectivity index (χ1) is 14.3. The van der Waals surface area contributed by atoms with E-state index in [1.165, 1.54) is 0 Å². The minimum Gasteiger partial charge on any atom is -0.356 e. The van der Waals surface area contributed by atoms with Crippen LogP contribution in [0.5, 0.6) is 0 Å². The Balaban J connectivity index is 1.64. The Bertz CT molecular complexity index is 705. The Morgan fingerprint density at radius 3 is 2.43 bits per heavy atom. The van der Waals surface area contributed by atoms with Crippen LogP contribution in [0.15, 0.2) is 0 Å². The van der Waals surface area contributed by atoms with E-state index in [1.807, 2.05) is 4.90 Å². The molecule has 1 saturated carbocycles. The molecule has 1 aliphatic carbocycles. The minimum absolute atomic E-state index is 0.0443. The molecular formula is C22H39N3O4S. The lowest BCUT2D eigenvalue weighted by Gasteiger charge is -2.40. The quantitative estimate of drug-likeness (QED) is 0.582. The summed E-state index contributed by atoms with van der Waals surface area (Å²) in [6.07, 6.45) is 8.51. The molecule has 3 aliphatic rings. The fraction of sp³-hybridized carbons (Fsp3) is 0.909. The van der Waals surface area contributed by atoms with Crippen molar-refractivity contribution in [2.75, 3.05) is 31.1 Å². The normalized spacial score (nSPS) is 29.7. The van der Waals surface area contributed by atoms with Crippen molar-refractivity contribution >= 4 is 21.7 Å². The number of hydrogen-bond acceptors (Lipinski definition) is 5. The standard InChI is InChI=1S/C22H39N3O4S/c1-3-4-12-23-22(27)18-10-9-17(2)24(14-18)15-21(26)25(19-7-5-6-8-19)20-11-13-30(28,29)16-20/h17-20H,3-16H2,1-2H3,(H,23,27). The zero-order valence-corrected chi connectivity index (χ0v) is 19.5. The van der Waals surface area contributed by atoms with Gasteiger partial charge in [0.05, 0.1) is 24.0 Å². The maximum atomic E-state index is 13.4. The number of hydrogen-bond donors (Lipinski definition) is 1. The Morgan fingerprint density at radius 2 is 1.80 bits per heavy atom. The predicted molar refractivity (Wildman–Crippen MR) is 118 cm³/mol. The maximum Gasteiger partial charge on any atom is 0.237 e. The summed E-state index contributed by atoms with van der Waals surface area (Å²) in [5.74, 6) is 0.365. The first kappa shape index (κ1) is 23.5. The lowest BCUT2D eigenvalue weighted by Crippen LogP contribution is -2.54. The molecule has 2 aliphatic heterocycles. The highest BCUT2D eigenvalue weighted by atomic mass is 32.2. The highest BCUT2D eigenvalue weighted by molar-refractivity contribution is 7.91. The van der Waals surface area contributed by atoms with E-state index in [9.17, 15) is 18.0 Å². The van der Waals surface area contributed by atoms with Crippen LogP contribution >= 0.6 is 0 Å². The molecular weight excluding hydrogens is 402 g/mol. The van der Waals surface area contributed by atoms with Crippen LogP contribution in [0.1, 0.15) is 71.6 Å². The maximum absolute atomic E-state index is 13.4. The smallest absolute Gasteiger partial charge is 0.237 e. The third-order valence-electron chi connectivity index (χ3n) is 7.16. The summed E-state index contributed by atoms with van der Waals surface area (Å²) < 4.78 is 24.1. The summed E-state index contributed by atoms with van der Waals surface area (Å²) in [5, 5.41) is 3.04. The molecule has 1 N–H and O–H groups in total. The van der Waals surface area contributed by atoms with Crippen molar-refractivity contribution in [3.8, 4) is 0 Å². The number of carbonyl (C=O) groups excluding carboxylic acids is 2. The molecule has 0 aromatic rings. The zero-order chi connectivity index (χ0) is 21.7. The van der Waals surface area contributed by atoms with Crippen LogP contribution in [0.25, 0.3) is 0 Å². The fourth-order valence-electron chi connectivity index (χ4n) is 5.28. The second-order valence-corrected chi connectivity index (χ2v) is 11.7. The van der Waals surface area contributed by atoms with Gasteiger partial charge in [0.25, 0.3) is 0 Å². The molecule has 0 bridgehead atoms. The van der Waals surface area contributed by atoms with E-state index < -0.39 is 9.84 Å². The molecule has 30 heavy (non-hydrogen) atoms. The van der Waals surface area contributed by atoms with Gasteiger partial charge in [-0.2, -0.15) is 0 Å². The van der Waals surface area contributed by atoms with Gasteiger partial charge < -0.3 is 10.2 Å². The SMILES string of the molecule is CCCCNC(=O)C1CCC(C)N(CC(=O)N(C2CCCC2)C2CCS(=O)(=O)C2)C1. The molecule has 3 atom stereocenters. The van der Waals surface area contributed by atoms with Gasteiger partial charge in [0, 0.05) is 31.2 Å². The number of piperidine rings is 1. The largest absolute Gasteiger partial charge is 0.356 e. The van der Waals surface area contributed by atoms with Crippen LogP contribution in [0, 0.1) is 5.92 Å². The number of unbranched alkanes of at least 4 members (excludes halogenated alkanes) is 1. The predicted octanol–water partition coefficient (Wildman–Crippen LogP) is 1.96. The molecule has 8 heteroatoms. The molecule has 3 unspecified atom stereocenters. The number of nitrogens with zero attached hydrogens (tertiary/aromatic N) is 2. The summed E-state index contributed by atoms with van der Waals surface area (Å²) in [6, 6.07) is 0.245. The second-order valence-electron chi connectivity index (χ2n) is 9.49. The number of carbonyl (C=O) groups is 2. The Kier molecular flexibility index (Phi) is 8.18. The van der Waals surface area contributed by atoms with Gasteiger partial charge >= 0.3 is 0 Å². The van der Waals surface area contributed by atoms with Crippen molar-refractivity contribution in [1.29, 1.82) is 0 Å². The molecule has 0 radical (unpaired) electrons. The van der Waals surface area contributed by atoms with Gasteiger partial charge in [0.15, 0.2) is 9.84 Å². The van der Waals surface area contributed by atoms with Gasteiger partial charge in [-0.15, -0.1) is 0 Å². The Labute approximate surface area is 181 Å². The second kappa shape index (κ2) is 10.4. The molecule has 2 saturated heterocycles. The summed E-state index contributed by atoms with van der Waals surface area (Å²) >= 11 is 0. The van der Waals surface area contributed by atoms with E-state index in [2.05, 4.69) is 24.1 Å². The number of rotatable bonds is 8. The molecule has 172 valence electrons. The third kappa shape index (κ3) is 5.96. The first-order valence-corrected chi connectivity index (χ1v) is 13.7. The molecule has 0 aromatic carbocycles. The molecule has 3 fully saturated rings. The van der Waals surface area contributed by atoms with Crippen LogP contribution < -0.4 is 5.32 Å². The minimum atomic E-state index is -3.04. The van der Waals surface area contributed by atoms with E-state index in [0.29, 0.717) is 19.5 Å². The lowest BCUT2D eigenvalue weighted by atomic mass is 9.92. The third-order valence-corrected chi connectivity index (χ3v) is 8.91. The van der Waals surface area contributed by atoms with Crippen molar-refractivity contribution in [3.05, 3.63) is 0 Å². The summed E-state index contributed by atoms with van der Waals surface area (Å²) in [5.41, 5.74) is 0. The lowest BCUT2D eigenvalue weighted by molar-refractivity contribution is -0.139. The Hall–Kier alpha value is -1.15. The topological polar surface area (TPSA) is 86.8 Å². The average Bonchev–Trinajstić information content (AvgIpc) is 3.34. The van der Waals surface area contributed by atoms with Gasteiger partial charge in [-0.3, -0.25) is 14.5 Å². The monoisotopic (exact) mass is 441 g/mol. The highest BCUT2D eigenvalue weighted by Gasteiger charge is 2.40. The van der Waals surface area contributed by atoms with E-state index in [0.717, 1.165) is 51.4 Å². The highest BCUT2D eigenvalue weighted by Crippen LogP contribution is 2.30. The molecule has 0 aromatic heterocycles. The first-order valence-electron chi connectivity index (χ1n) is 11.8. The summed E-state index contributed by atoms with van der Waals surface area (Å²) in [7, 11) is -3.04. The van der Waals surface area contributed by atoms with E-state index >= 15 is 0 Å². The number of likely N-dealkylation sites (tertiary alicyclic amines) is 1. The van der Waals surface area contributed by atoms with Crippen LogP contribution in [-0.2, 0) is 19.4 Å². The van der Waals surface area contributed by atoms with Crippen LogP contribution in [0.2, 0.25) is 0 Å². The molecule has 2 amide bonds. The van der Waals surface area contributed by atoms with Crippen LogP contribution in [0.4, 0.5) is 0 Å². The van der Waals surface area contributed by atoms with E-state index in [1.54, 1.807) is 0 Å². The van der Waals surface area contributed by atoms with Gasteiger partial charge in [-0.1, -0.05) is 26.2 Å². The van der Waals surface area contributed by atoms with Crippen LogP contribution in [-0.4, -0.2) is 79.3 Å². The van der Waals surface area contributed by atoms with E-state index in [4.69, 9.17) is 0 Å². The molecule has 3 rings (SSSR count). The fourth-order valence-corrected chi connectivity index (χ4v) is 7.00. The Morgan fingerprint density at radius 1 is 1.07 bits per heavy atom. The summed E-state index contributed by atoms with van der Waals surface area (Å²) in [4.78, 5) is 30.0. The van der Waals surface area contributed by atoms with Gasteiger partial charge in [-0.25, -0.2) is 8.42 Å². The summed E-state index contributed by atoms with van der Waals surface area (Å²) in [6.45, 7) is 5.83. The average molecular weight is 442 g/mol. The zero-order valence-electron chi connectivity index (χ0n) is 18.6.